The second kappa shape index (κ2) is 3.18. The number of hydrogen-bond donors (Lipinski definition) is 0. The molecule has 2 heteroatoms. The van der Waals surface area contributed by atoms with Crippen molar-refractivity contribution in [3.8, 4) is 6.07 Å². The van der Waals surface area contributed by atoms with Crippen molar-refractivity contribution < 1.29 is 4.39 Å². The zero-order chi connectivity index (χ0) is 9.26. The van der Waals surface area contributed by atoms with Crippen molar-refractivity contribution in [2.24, 2.45) is 0 Å². The quantitative estimate of drug-likeness (QED) is 0.678. The molecule has 0 bridgehead atoms. The van der Waals surface area contributed by atoms with Crippen molar-refractivity contribution >= 4 is 0 Å². The van der Waals surface area contributed by atoms with Gasteiger partial charge in [-0.15, -0.1) is 0 Å². The Morgan fingerprint density at radius 2 is 2.23 bits per heavy atom. The van der Waals surface area contributed by atoms with Crippen LogP contribution < -0.4 is 0 Å². The average molecular weight is 175 g/mol. The predicted octanol–water partition coefficient (Wildman–Crippen LogP) is 2.77. The van der Waals surface area contributed by atoms with E-state index in [0.29, 0.717) is 12.3 Å². The Morgan fingerprint density at radius 3 is 2.77 bits per heavy atom. The normalized spacial score (nSPS) is 15.4. The minimum absolute atomic E-state index is 0.143. The van der Waals surface area contributed by atoms with Gasteiger partial charge in [0.15, 0.2) is 0 Å². The highest BCUT2D eigenvalue weighted by Crippen LogP contribution is 2.41. The highest BCUT2D eigenvalue weighted by Gasteiger charge is 2.26. The van der Waals surface area contributed by atoms with Crippen LogP contribution >= 0.6 is 0 Å². The van der Waals surface area contributed by atoms with Gasteiger partial charge in [-0.1, -0.05) is 12.1 Å². The molecule has 0 atom stereocenters. The van der Waals surface area contributed by atoms with Crippen LogP contribution in [0.4, 0.5) is 4.39 Å². The molecule has 1 saturated carbocycles. The zero-order valence-electron chi connectivity index (χ0n) is 7.26. The second-order valence-electron chi connectivity index (χ2n) is 3.47. The summed E-state index contributed by atoms with van der Waals surface area (Å²) in [6.07, 6.45) is 2.50. The van der Waals surface area contributed by atoms with Gasteiger partial charge in [0.25, 0.3) is 0 Å². The van der Waals surface area contributed by atoms with Gasteiger partial charge < -0.3 is 0 Å². The highest BCUT2D eigenvalue weighted by molar-refractivity contribution is 5.30. The lowest BCUT2D eigenvalue weighted by atomic mass is 10.1. The summed E-state index contributed by atoms with van der Waals surface area (Å²) < 4.78 is 13.4. The van der Waals surface area contributed by atoms with Crippen molar-refractivity contribution in [1.29, 1.82) is 5.26 Å². The first-order valence-corrected chi connectivity index (χ1v) is 4.46. The molecule has 0 spiro atoms. The van der Waals surface area contributed by atoms with Gasteiger partial charge in [-0.3, -0.25) is 0 Å². The maximum absolute atomic E-state index is 13.4. The number of nitrogens with zero attached hydrogens (tertiary/aromatic N) is 1. The van der Waals surface area contributed by atoms with Crippen LogP contribution in [0.2, 0.25) is 0 Å². The van der Waals surface area contributed by atoms with Gasteiger partial charge >= 0.3 is 0 Å². The summed E-state index contributed by atoms with van der Waals surface area (Å²) in [4.78, 5) is 0. The fourth-order valence-corrected chi connectivity index (χ4v) is 1.50. The number of benzene rings is 1. The van der Waals surface area contributed by atoms with E-state index in [4.69, 9.17) is 5.26 Å². The van der Waals surface area contributed by atoms with Crippen LogP contribution in [-0.4, -0.2) is 0 Å². The van der Waals surface area contributed by atoms with Crippen molar-refractivity contribution in [1.82, 2.24) is 0 Å². The molecule has 2 rings (SSSR count). The van der Waals surface area contributed by atoms with Gasteiger partial charge in [0, 0.05) is 0 Å². The van der Waals surface area contributed by atoms with Crippen LogP contribution in [0.15, 0.2) is 18.2 Å². The lowest BCUT2D eigenvalue weighted by Gasteiger charge is -2.01. The van der Waals surface area contributed by atoms with Gasteiger partial charge in [0.05, 0.1) is 12.5 Å². The van der Waals surface area contributed by atoms with Gasteiger partial charge in [-0.25, -0.2) is 4.39 Å². The minimum atomic E-state index is -0.143. The number of nitriles is 1. The average Bonchev–Trinajstić information content (AvgIpc) is 2.88. The van der Waals surface area contributed by atoms with Crippen LogP contribution in [0.25, 0.3) is 0 Å². The second-order valence-corrected chi connectivity index (χ2v) is 3.47. The Bertz CT molecular complexity index is 361. The van der Waals surface area contributed by atoms with E-state index >= 15 is 0 Å². The minimum Gasteiger partial charge on any atom is -0.207 e. The summed E-state index contributed by atoms with van der Waals surface area (Å²) in [7, 11) is 0. The first-order valence-electron chi connectivity index (χ1n) is 4.46. The molecule has 1 fully saturated rings. The molecule has 0 N–H and O–H groups in total. The molecule has 0 heterocycles. The smallest absolute Gasteiger partial charge is 0.126 e. The maximum atomic E-state index is 13.4. The summed E-state index contributed by atoms with van der Waals surface area (Å²) in [5.41, 5.74) is 1.59. The molecular formula is C11H10FN. The summed E-state index contributed by atoms with van der Waals surface area (Å²) in [6.45, 7) is 0. The Kier molecular flexibility index (Phi) is 2.02. The van der Waals surface area contributed by atoms with E-state index in [1.807, 2.05) is 18.2 Å². The monoisotopic (exact) mass is 175 g/mol. The van der Waals surface area contributed by atoms with Gasteiger partial charge in [-0.05, 0) is 36.0 Å². The van der Waals surface area contributed by atoms with E-state index in [0.717, 1.165) is 24.0 Å². The molecule has 1 aliphatic carbocycles. The molecule has 1 aromatic rings. The summed E-state index contributed by atoms with van der Waals surface area (Å²) in [6, 6.07) is 7.16. The fourth-order valence-electron chi connectivity index (χ4n) is 1.50. The standard InChI is InChI=1S/C11H10FN/c12-11-7-8(5-6-13)1-4-10(11)9-2-3-9/h1,4,7,9H,2-3,5H2. The van der Waals surface area contributed by atoms with Gasteiger partial charge in [-0.2, -0.15) is 5.26 Å². The van der Waals surface area contributed by atoms with Crippen molar-refractivity contribution in [3.63, 3.8) is 0 Å². The molecule has 0 radical (unpaired) electrons. The largest absolute Gasteiger partial charge is 0.207 e. The first kappa shape index (κ1) is 8.25. The van der Waals surface area contributed by atoms with Crippen LogP contribution in [0.3, 0.4) is 0 Å². The van der Waals surface area contributed by atoms with E-state index in [1.54, 1.807) is 0 Å². The molecule has 0 aliphatic heterocycles. The first-order chi connectivity index (χ1) is 6.31. The van der Waals surface area contributed by atoms with Crippen LogP contribution in [0.5, 0.6) is 0 Å². The molecule has 1 aromatic carbocycles. The van der Waals surface area contributed by atoms with E-state index < -0.39 is 0 Å². The molecule has 13 heavy (non-hydrogen) atoms. The predicted molar refractivity (Wildman–Crippen MR) is 47.7 cm³/mol. The lowest BCUT2D eigenvalue weighted by molar-refractivity contribution is 0.609. The fraction of sp³-hybridized carbons (Fsp3) is 0.364. The third-order valence-electron chi connectivity index (χ3n) is 2.37. The molecule has 0 unspecified atom stereocenters. The summed E-state index contributed by atoms with van der Waals surface area (Å²) >= 11 is 0. The van der Waals surface area contributed by atoms with E-state index in [-0.39, 0.29) is 5.82 Å². The topological polar surface area (TPSA) is 23.8 Å². The SMILES string of the molecule is N#CCc1ccc(C2CC2)c(F)c1. The van der Waals surface area contributed by atoms with E-state index in [1.165, 1.54) is 6.07 Å². The molecule has 0 saturated heterocycles. The number of hydrogen-bond acceptors (Lipinski definition) is 1. The van der Waals surface area contributed by atoms with Crippen molar-refractivity contribution in [3.05, 3.63) is 35.1 Å². The Labute approximate surface area is 76.8 Å². The Morgan fingerprint density at radius 1 is 1.46 bits per heavy atom. The van der Waals surface area contributed by atoms with Gasteiger partial charge in [0.2, 0.25) is 0 Å². The molecule has 0 aromatic heterocycles. The van der Waals surface area contributed by atoms with E-state index in [9.17, 15) is 4.39 Å². The molecule has 1 aliphatic rings. The molecule has 0 amide bonds. The maximum Gasteiger partial charge on any atom is 0.126 e. The Hall–Kier alpha value is -1.36. The van der Waals surface area contributed by atoms with Crippen LogP contribution in [-0.2, 0) is 6.42 Å². The van der Waals surface area contributed by atoms with Crippen molar-refractivity contribution in [2.45, 2.75) is 25.2 Å². The number of rotatable bonds is 2. The Balaban J connectivity index is 2.27. The third-order valence-corrected chi connectivity index (χ3v) is 2.37. The van der Waals surface area contributed by atoms with E-state index in [2.05, 4.69) is 0 Å². The summed E-state index contributed by atoms with van der Waals surface area (Å²) in [5, 5.41) is 8.43. The lowest BCUT2D eigenvalue weighted by Crippen LogP contribution is -1.90. The highest BCUT2D eigenvalue weighted by atomic mass is 19.1. The molecule has 66 valence electrons. The van der Waals surface area contributed by atoms with Crippen molar-refractivity contribution in [2.75, 3.05) is 0 Å². The zero-order valence-corrected chi connectivity index (χ0v) is 7.26. The van der Waals surface area contributed by atoms with Gasteiger partial charge in [0.1, 0.15) is 5.82 Å². The summed E-state index contributed by atoms with van der Waals surface area (Å²) in [5.74, 6) is 0.298. The third kappa shape index (κ3) is 1.70. The van der Waals surface area contributed by atoms with Crippen LogP contribution in [0.1, 0.15) is 29.9 Å². The number of halogens is 1. The molecular weight excluding hydrogens is 165 g/mol. The van der Waals surface area contributed by atoms with Crippen LogP contribution in [0, 0.1) is 17.1 Å². The molecule has 1 nitrogen and oxygen atoms in total.